The van der Waals surface area contributed by atoms with E-state index in [-0.39, 0.29) is 33.5 Å². The zero-order chi connectivity index (χ0) is 27.8. The standard InChI is InChI=1S/C28H22N2O8S/c1-4-37-27(35)24-14(2)29-28(39-24)30-21(15-9-11-16(12-10-15)26(34)36-3)20(23(32)25(30)33)22(31)19-13-17-7-5-6-8-18(17)38-19/h5-13,21,32H,4H2,1-3H3. The Morgan fingerprint density at radius 2 is 1.82 bits per heavy atom. The summed E-state index contributed by atoms with van der Waals surface area (Å²) in [5.41, 5.74) is 1.24. The molecule has 11 heteroatoms. The first kappa shape index (κ1) is 25.9. The van der Waals surface area contributed by atoms with E-state index in [9.17, 15) is 24.3 Å². The van der Waals surface area contributed by atoms with E-state index in [1.54, 1.807) is 50.2 Å². The minimum absolute atomic E-state index is 0.0638. The molecule has 0 radical (unpaired) electrons. The quantitative estimate of drug-likeness (QED) is 0.252. The lowest BCUT2D eigenvalue weighted by Crippen LogP contribution is -2.31. The first-order valence-corrected chi connectivity index (χ1v) is 12.7. The van der Waals surface area contributed by atoms with E-state index in [0.717, 1.165) is 16.2 Å². The Bertz CT molecular complexity index is 1630. The molecule has 4 aromatic rings. The molecule has 0 saturated carbocycles. The van der Waals surface area contributed by atoms with Crippen molar-refractivity contribution in [1.82, 2.24) is 4.98 Å². The van der Waals surface area contributed by atoms with Gasteiger partial charge in [-0.1, -0.05) is 41.7 Å². The number of methoxy groups -OCH3 is 1. The molecule has 10 nitrogen and oxygen atoms in total. The highest BCUT2D eigenvalue weighted by Crippen LogP contribution is 2.44. The van der Waals surface area contributed by atoms with Crippen LogP contribution in [0.3, 0.4) is 0 Å². The number of ketones is 1. The molecule has 39 heavy (non-hydrogen) atoms. The van der Waals surface area contributed by atoms with Gasteiger partial charge in [0.15, 0.2) is 16.7 Å². The summed E-state index contributed by atoms with van der Waals surface area (Å²) in [7, 11) is 1.25. The number of Topliss-reactive ketones (excluding diaryl/α,β-unsaturated/α-hetero) is 1. The number of aliphatic hydroxyl groups excluding tert-OH is 1. The van der Waals surface area contributed by atoms with Crippen LogP contribution in [0.1, 0.15) is 54.8 Å². The van der Waals surface area contributed by atoms with Crippen LogP contribution in [0.4, 0.5) is 5.13 Å². The van der Waals surface area contributed by atoms with E-state index in [4.69, 9.17) is 13.9 Å². The fraction of sp³-hybridized carbons (Fsp3) is 0.179. The Hall–Kier alpha value is -4.77. The van der Waals surface area contributed by atoms with Crippen molar-refractivity contribution in [3.05, 3.63) is 93.4 Å². The largest absolute Gasteiger partial charge is 0.503 e. The number of thiazole rings is 1. The fourth-order valence-corrected chi connectivity index (χ4v) is 5.35. The van der Waals surface area contributed by atoms with Gasteiger partial charge in [-0.25, -0.2) is 14.6 Å². The maximum absolute atomic E-state index is 13.8. The third kappa shape index (κ3) is 4.46. The summed E-state index contributed by atoms with van der Waals surface area (Å²) in [6, 6.07) is 13.5. The second kappa shape index (κ2) is 10.2. The van der Waals surface area contributed by atoms with E-state index in [2.05, 4.69) is 4.98 Å². The zero-order valence-electron chi connectivity index (χ0n) is 21.1. The fourth-order valence-electron chi connectivity index (χ4n) is 4.37. The van der Waals surface area contributed by atoms with Crippen molar-refractivity contribution in [2.45, 2.75) is 19.9 Å². The number of hydrogen-bond donors (Lipinski definition) is 1. The van der Waals surface area contributed by atoms with E-state index in [0.29, 0.717) is 22.2 Å². The molecule has 3 heterocycles. The van der Waals surface area contributed by atoms with Gasteiger partial charge < -0.3 is 19.0 Å². The highest BCUT2D eigenvalue weighted by Gasteiger charge is 2.47. The number of fused-ring (bicyclic) bond motifs is 1. The lowest BCUT2D eigenvalue weighted by molar-refractivity contribution is -0.117. The molecule has 2 aromatic heterocycles. The van der Waals surface area contributed by atoms with Gasteiger partial charge in [0.1, 0.15) is 10.5 Å². The molecule has 0 spiro atoms. The molecule has 0 saturated heterocycles. The topological polar surface area (TPSA) is 136 Å². The van der Waals surface area contributed by atoms with Crippen LogP contribution in [-0.2, 0) is 14.3 Å². The molecule has 198 valence electrons. The first-order chi connectivity index (χ1) is 18.7. The number of nitrogens with zero attached hydrogens (tertiary/aromatic N) is 2. The lowest BCUT2D eigenvalue weighted by atomic mass is 9.94. The summed E-state index contributed by atoms with van der Waals surface area (Å²) in [6.45, 7) is 3.42. The number of furan rings is 1. The van der Waals surface area contributed by atoms with Gasteiger partial charge in [0, 0.05) is 5.39 Å². The highest BCUT2D eigenvalue weighted by molar-refractivity contribution is 7.17. The molecule has 1 aliphatic heterocycles. The molecule has 2 aromatic carbocycles. The number of para-hydroxylation sites is 1. The van der Waals surface area contributed by atoms with Gasteiger partial charge in [-0.05, 0) is 43.7 Å². The summed E-state index contributed by atoms with van der Waals surface area (Å²) in [5, 5.41) is 11.8. The summed E-state index contributed by atoms with van der Waals surface area (Å²) in [6.07, 6.45) is 0. The second-order valence-corrected chi connectivity index (χ2v) is 9.54. The Labute approximate surface area is 226 Å². The van der Waals surface area contributed by atoms with Gasteiger partial charge >= 0.3 is 11.9 Å². The van der Waals surface area contributed by atoms with Crippen molar-refractivity contribution < 1.29 is 38.2 Å². The zero-order valence-corrected chi connectivity index (χ0v) is 21.9. The molecule has 0 fully saturated rings. The monoisotopic (exact) mass is 546 g/mol. The van der Waals surface area contributed by atoms with E-state index < -0.39 is 35.4 Å². The van der Waals surface area contributed by atoms with E-state index in [1.807, 2.05) is 0 Å². The predicted molar refractivity (Wildman–Crippen MR) is 141 cm³/mol. The number of ether oxygens (including phenoxy) is 2. The number of carbonyl (C=O) groups excluding carboxylic acids is 4. The van der Waals surface area contributed by atoms with Gasteiger partial charge in [-0.15, -0.1) is 0 Å². The molecule has 0 aliphatic carbocycles. The summed E-state index contributed by atoms with van der Waals surface area (Å²) < 4.78 is 15.6. The SMILES string of the molecule is CCOC(=O)c1sc(N2C(=O)C(O)=C(C(=O)c3cc4ccccc4o3)C2c2ccc(C(=O)OC)cc2)nc1C. The maximum Gasteiger partial charge on any atom is 0.350 e. The number of aromatic nitrogens is 1. The molecule has 1 aliphatic rings. The van der Waals surface area contributed by atoms with Crippen LogP contribution >= 0.6 is 11.3 Å². The number of aliphatic hydroxyl groups is 1. The summed E-state index contributed by atoms with van der Waals surface area (Å²) in [4.78, 5) is 57.4. The van der Waals surface area contributed by atoms with Crippen LogP contribution in [0.2, 0.25) is 0 Å². The summed E-state index contributed by atoms with van der Waals surface area (Å²) >= 11 is 0.907. The average molecular weight is 547 g/mol. The van der Waals surface area contributed by atoms with Crippen molar-refractivity contribution >= 4 is 51.1 Å². The van der Waals surface area contributed by atoms with Crippen LogP contribution in [0, 0.1) is 6.92 Å². The predicted octanol–water partition coefficient (Wildman–Crippen LogP) is 4.94. The molecular formula is C28H22N2O8S. The Kier molecular flexibility index (Phi) is 6.75. The van der Waals surface area contributed by atoms with E-state index in [1.165, 1.54) is 25.3 Å². The highest BCUT2D eigenvalue weighted by atomic mass is 32.1. The number of esters is 2. The molecule has 1 atom stereocenters. The number of aryl methyl sites for hydroxylation is 1. The lowest BCUT2D eigenvalue weighted by Gasteiger charge is -2.24. The van der Waals surface area contributed by atoms with E-state index >= 15 is 0 Å². The van der Waals surface area contributed by atoms with Crippen LogP contribution < -0.4 is 4.90 Å². The minimum atomic E-state index is -1.13. The van der Waals surface area contributed by atoms with Crippen LogP contribution in [0.5, 0.6) is 0 Å². The van der Waals surface area contributed by atoms with Crippen LogP contribution in [0.25, 0.3) is 11.0 Å². The van der Waals surface area contributed by atoms with Gasteiger partial charge in [-0.2, -0.15) is 0 Å². The first-order valence-electron chi connectivity index (χ1n) is 11.9. The third-order valence-electron chi connectivity index (χ3n) is 6.20. The minimum Gasteiger partial charge on any atom is -0.503 e. The number of rotatable bonds is 7. The summed E-state index contributed by atoms with van der Waals surface area (Å²) in [5.74, 6) is -3.56. The van der Waals surface area contributed by atoms with Crippen molar-refractivity contribution in [3.8, 4) is 0 Å². The second-order valence-electron chi connectivity index (χ2n) is 8.56. The molecule has 1 amide bonds. The Morgan fingerprint density at radius 3 is 2.49 bits per heavy atom. The molecule has 0 bridgehead atoms. The van der Waals surface area contributed by atoms with Gasteiger partial charge in [-0.3, -0.25) is 14.5 Å². The van der Waals surface area contributed by atoms with Crippen molar-refractivity contribution in [3.63, 3.8) is 0 Å². The van der Waals surface area contributed by atoms with Crippen LogP contribution in [-0.4, -0.2) is 47.4 Å². The number of amides is 1. The number of carbonyl (C=O) groups is 4. The molecule has 5 rings (SSSR count). The van der Waals surface area contributed by atoms with Gasteiger partial charge in [0.2, 0.25) is 5.78 Å². The maximum atomic E-state index is 13.8. The number of anilines is 1. The number of benzene rings is 2. The third-order valence-corrected chi connectivity index (χ3v) is 7.34. The van der Waals surface area contributed by atoms with Crippen molar-refractivity contribution in [1.29, 1.82) is 0 Å². The average Bonchev–Trinajstić information content (AvgIpc) is 3.62. The van der Waals surface area contributed by atoms with Gasteiger partial charge in [0.05, 0.1) is 36.6 Å². The van der Waals surface area contributed by atoms with Crippen LogP contribution in [0.15, 0.2) is 70.3 Å². The van der Waals surface area contributed by atoms with Crippen molar-refractivity contribution in [2.75, 3.05) is 18.6 Å². The number of hydrogen-bond acceptors (Lipinski definition) is 10. The Balaban J connectivity index is 1.63. The Morgan fingerprint density at radius 1 is 1.10 bits per heavy atom. The smallest absolute Gasteiger partial charge is 0.350 e. The molecule has 1 unspecified atom stereocenters. The molecule has 1 N–H and O–H groups in total. The van der Waals surface area contributed by atoms with Gasteiger partial charge in [0.25, 0.3) is 5.91 Å². The normalized spacial score (nSPS) is 15.2. The van der Waals surface area contributed by atoms with Crippen molar-refractivity contribution in [2.24, 2.45) is 0 Å². The molecular weight excluding hydrogens is 524 g/mol.